The van der Waals surface area contributed by atoms with Crippen molar-refractivity contribution in [3.8, 4) is 78.1 Å². The highest BCUT2D eigenvalue weighted by Gasteiger charge is 2.21. The molecule has 0 spiro atoms. The van der Waals surface area contributed by atoms with Crippen LogP contribution >= 0.6 is 15.9 Å². The van der Waals surface area contributed by atoms with Gasteiger partial charge in [-0.2, -0.15) is 0 Å². The van der Waals surface area contributed by atoms with Gasteiger partial charge in [0.2, 0.25) is 0 Å². The Hall–Kier alpha value is -14.8. The number of hydrogen-bond donors (Lipinski definition) is 1. The van der Waals surface area contributed by atoms with Crippen molar-refractivity contribution in [1.82, 2.24) is 9.13 Å². The minimum absolute atomic E-state index is 0.900. The van der Waals surface area contributed by atoms with E-state index in [9.17, 15) is 0 Å². The van der Waals surface area contributed by atoms with Gasteiger partial charge in [0.15, 0.2) is 0 Å². The number of para-hydroxylation sites is 8. The van der Waals surface area contributed by atoms with Crippen LogP contribution in [0.2, 0.25) is 0 Å². The fourth-order valence-corrected chi connectivity index (χ4v) is 16.7. The molecule has 6 nitrogen and oxygen atoms in total. The Kier molecular flexibility index (Phi) is 18.4. The van der Waals surface area contributed by atoms with E-state index in [1.54, 1.807) is 0 Å². The average Bonchev–Trinajstić information content (AvgIpc) is 1.63. The van der Waals surface area contributed by atoms with E-state index >= 15 is 0 Å². The van der Waals surface area contributed by atoms with Gasteiger partial charge in [0.25, 0.3) is 0 Å². The molecule has 544 valence electrons. The Labute approximate surface area is 674 Å². The zero-order valence-electron chi connectivity index (χ0n) is 62.6. The molecule has 0 atom stereocenters. The van der Waals surface area contributed by atoms with Crippen LogP contribution in [0.1, 0.15) is 0 Å². The second-order valence-corrected chi connectivity index (χ2v) is 29.8. The molecule has 0 unspecified atom stereocenters. The molecule has 115 heavy (non-hydrogen) atoms. The number of fused-ring (bicyclic) bond motifs is 12. The van der Waals surface area contributed by atoms with Gasteiger partial charge in [0.1, 0.15) is 22.3 Å². The predicted molar refractivity (Wildman–Crippen MR) is 487 cm³/mol. The predicted octanol–water partition coefficient (Wildman–Crippen LogP) is 31.0. The molecule has 4 aromatic heterocycles. The maximum atomic E-state index is 6.24. The fraction of sp³-hybridized carbons (Fsp3) is 0. The average molecular weight is 1540 g/mol. The van der Waals surface area contributed by atoms with Crippen molar-refractivity contribution < 1.29 is 8.83 Å². The van der Waals surface area contributed by atoms with Crippen LogP contribution in [0.25, 0.3) is 166 Å². The van der Waals surface area contributed by atoms with E-state index in [0.717, 1.165) is 110 Å². The molecule has 0 radical (unpaired) electrons. The molecule has 0 amide bonds. The lowest BCUT2D eigenvalue weighted by Crippen LogP contribution is -2.11. The van der Waals surface area contributed by atoms with Crippen molar-refractivity contribution in [2.24, 2.45) is 0 Å². The summed E-state index contributed by atoms with van der Waals surface area (Å²) in [7, 11) is 0. The summed E-state index contributed by atoms with van der Waals surface area (Å²) in [5.74, 6) is 0. The van der Waals surface area contributed by atoms with Crippen molar-refractivity contribution in [2.45, 2.75) is 0 Å². The number of nitrogens with zero attached hydrogens (tertiary/aromatic N) is 3. The third kappa shape index (κ3) is 13.5. The molecule has 0 aliphatic rings. The van der Waals surface area contributed by atoms with Crippen molar-refractivity contribution in [3.63, 3.8) is 0 Å². The summed E-state index contributed by atoms with van der Waals surface area (Å²) in [6.07, 6.45) is 0. The van der Waals surface area contributed by atoms with Crippen LogP contribution in [0.4, 0.5) is 28.4 Å². The first-order chi connectivity index (χ1) is 56.9. The molecule has 22 aromatic rings. The third-order valence-corrected chi connectivity index (χ3v) is 22.5. The summed E-state index contributed by atoms with van der Waals surface area (Å²) in [5, 5.41) is 13.3. The van der Waals surface area contributed by atoms with E-state index in [2.05, 4.69) is 436 Å². The minimum Gasteiger partial charge on any atom is -0.456 e. The lowest BCUT2D eigenvalue weighted by molar-refractivity contribution is 0.668. The number of anilines is 5. The zero-order chi connectivity index (χ0) is 76.5. The van der Waals surface area contributed by atoms with Crippen LogP contribution in [0, 0.1) is 0 Å². The molecule has 22 rings (SSSR count). The minimum atomic E-state index is 0.900. The quantitative estimate of drug-likeness (QED) is 0.125. The van der Waals surface area contributed by atoms with Crippen molar-refractivity contribution in [1.29, 1.82) is 0 Å². The number of hydrogen-bond acceptors (Lipinski definition) is 4. The van der Waals surface area contributed by atoms with Crippen molar-refractivity contribution >= 4 is 132 Å². The van der Waals surface area contributed by atoms with Gasteiger partial charge in [-0.3, -0.25) is 0 Å². The standard InChI is InChI=1S/C54H36N2O.C30H21NO.C24H16BrN/c1-2-13-39(14-3-1)45-17-4-8-21-50(45)55(43-32-27-38(28-33-43)41-29-34-49-48-20-7-11-24-53(48)57-54(49)36-41)42-30-25-37(26-31-42)40-15-12-16-44(35-40)56-51-22-9-5-18-46(51)47-19-6-10-23-52(47)56;1-2-8-22(9-3-1)25-10-4-6-12-28(25)31-24-17-14-21(15-18-24)23-16-19-27-26-11-5-7-13-29(26)32-30(27)20-23;25-19-14-12-17(13-15-19)18-6-5-7-20(16-18)26-23-10-3-1-8-21(23)22-9-2-4-11-24(22)26/h1-36H;1-20,31H;1-16H. The SMILES string of the molecule is Brc1ccc(-c2cccc(-n3c4ccccc4c4ccccc43)c2)cc1.c1ccc(-c2ccccc2N(c2ccc(-c3cccc(-n4c5ccccc5c5ccccc54)c3)cc2)c2ccc(-c3ccc4c(c3)oc3ccccc34)cc2)cc1.c1ccc(-c2ccccc2Nc2ccc(-c3ccc4c(c3)oc3ccccc34)cc2)cc1. The van der Waals surface area contributed by atoms with Crippen molar-refractivity contribution in [3.05, 3.63) is 441 Å². The monoisotopic (exact) mass is 1540 g/mol. The number of furan rings is 2. The Morgan fingerprint density at radius 2 is 0.557 bits per heavy atom. The maximum Gasteiger partial charge on any atom is 0.136 e. The topological polar surface area (TPSA) is 51.4 Å². The highest BCUT2D eigenvalue weighted by atomic mass is 79.9. The van der Waals surface area contributed by atoms with Crippen LogP contribution in [-0.4, -0.2) is 9.13 Å². The van der Waals surface area contributed by atoms with E-state index < -0.39 is 0 Å². The smallest absolute Gasteiger partial charge is 0.136 e. The van der Waals surface area contributed by atoms with Crippen LogP contribution in [0.15, 0.2) is 450 Å². The first-order valence-electron chi connectivity index (χ1n) is 38.9. The van der Waals surface area contributed by atoms with Gasteiger partial charge >= 0.3 is 0 Å². The molecule has 0 bridgehead atoms. The number of rotatable bonds is 13. The Balaban J connectivity index is 0.000000124. The molecule has 0 fully saturated rings. The summed E-state index contributed by atoms with van der Waals surface area (Å²) in [5.41, 5.74) is 30.4. The molecule has 18 aromatic carbocycles. The number of benzene rings is 18. The van der Waals surface area contributed by atoms with Crippen LogP contribution in [0.3, 0.4) is 0 Å². The van der Waals surface area contributed by atoms with E-state index in [1.165, 1.54) is 88.2 Å². The van der Waals surface area contributed by atoms with E-state index in [-0.39, 0.29) is 0 Å². The third-order valence-electron chi connectivity index (χ3n) is 22.0. The molecule has 7 heteroatoms. The van der Waals surface area contributed by atoms with Gasteiger partial charge in [-0.1, -0.05) is 307 Å². The van der Waals surface area contributed by atoms with Gasteiger partial charge in [0.05, 0.1) is 27.8 Å². The van der Waals surface area contributed by atoms with Crippen LogP contribution < -0.4 is 10.2 Å². The van der Waals surface area contributed by atoms with Gasteiger partial charge in [-0.25, -0.2) is 0 Å². The van der Waals surface area contributed by atoms with E-state index in [1.807, 2.05) is 36.4 Å². The van der Waals surface area contributed by atoms with Crippen LogP contribution in [-0.2, 0) is 0 Å². The lowest BCUT2D eigenvalue weighted by Gasteiger charge is -2.28. The van der Waals surface area contributed by atoms with E-state index in [0.29, 0.717) is 0 Å². The molecular weight excluding hydrogens is 1470 g/mol. The normalized spacial score (nSPS) is 11.3. The highest BCUT2D eigenvalue weighted by Crippen LogP contribution is 2.44. The number of halogens is 1. The number of aromatic nitrogens is 2. The van der Waals surface area contributed by atoms with Crippen LogP contribution in [0.5, 0.6) is 0 Å². The molecule has 1 N–H and O–H groups in total. The summed E-state index contributed by atoms with van der Waals surface area (Å²) in [4.78, 5) is 2.37. The van der Waals surface area contributed by atoms with Gasteiger partial charge in [-0.15, -0.1) is 0 Å². The summed E-state index contributed by atoms with van der Waals surface area (Å²) in [6, 6.07) is 155. The maximum absolute atomic E-state index is 6.24. The lowest BCUT2D eigenvalue weighted by atomic mass is 10.00. The number of nitrogens with one attached hydrogen (secondary N) is 1. The second kappa shape index (κ2) is 30.5. The molecule has 0 aliphatic carbocycles. The molecule has 0 saturated heterocycles. The Morgan fingerprint density at radius 3 is 1.02 bits per heavy atom. The first-order valence-corrected chi connectivity index (χ1v) is 39.7. The summed E-state index contributed by atoms with van der Waals surface area (Å²) >= 11 is 3.51. The Bertz CT molecular complexity index is 7200. The Morgan fingerprint density at radius 1 is 0.226 bits per heavy atom. The van der Waals surface area contributed by atoms with Gasteiger partial charge in [0, 0.05) is 92.8 Å². The molecule has 0 saturated carbocycles. The zero-order valence-corrected chi connectivity index (χ0v) is 64.2. The summed E-state index contributed by atoms with van der Waals surface area (Å²) in [6.45, 7) is 0. The summed E-state index contributed by atoms with van der Waals surface area (Å²) < 4.78 is 18.1. The van der Waals surface area contributed by atoms with Crippen molar-refractivity contribution in [2.75, 3.05) is 10.2 Å². The highest BCUT2D eigenvalue weighted by molar-refractivity contribution is 9.10. The fourth-order valence-electron chi connectivity index (χ4n) is 16.4. The van der Waals surface area contributed by atoms with Gasteiger partial charge in [-0.05, 0) is 201 Å². The largest absolute Gasteiger partial charge is 0.456 e. The molecular formula is C108H73BrN4O2. The van der Waals surface area contributed by atoms with Gasteiger partial charge < -0.3 is 28.2 Å². The second-order valence-electron chi connectivity index (χ2n) is 28.9. The van der Waals surface area contributed by atoms with E-state index in [4.69, 9.17) is 8.83 Å². The molecule has 0 aliphatic heterocycles. The molecule has 4 heterocycles. The first kappa shape index (κ1) is 69.4.